The van der Waals surface area contributed by atoms with Gasteiger partial charge >= 0.3 is 5.97 Å². The number of ether oxygens (including phenoxy) is 1. The predicted molar refractivity (Wildman–Crippen MR) is 70.4 cm³/mol. The van der Waals surface area contributed by atoms with Crippen LogP contribution in [0.15, 0.2) is 29.6 Å². The summed E-state index contributed by atoms with van der Waals surface area (Å²) in [6.45, 7) is 5.47. The van der Waals surface area contributed by atoms with Crippen LogP contribution in [0.5, 0.6) is 5.75 Å². The molecule has 0 radical (unpaired) electrons. The topological polar surface area (TPSA) is 52.1 Å². The zero-order valence-electron chi connectivity index (χ0n) is 10.5. The Kier molecular flexibility index (Phi) is 3.43. The van der Waals surface area contributed by atoms with E-state index < -0.39 is 5.41 Å². The van der Waals surface area contributed by atoms with Crippen molar-refractivity contribution in [3.05, 3.63) is 29.6 Å². The minimum atomic E-state index is -0.502. The van der Waals surface area contributed by atoms with Crippen LogP contribution in [0.3, 0.4) is 0 Å². The van der Waals surface area contributed by atoms with Crippen molar-refractivity contribution in [2.45, 2.75) is 20.8 Å². The van der Waals surface area contributed by atoms with Crippen LogP contribution in [0, 0.1) is 5.41 Å². The molecular formula is C13H14N2O2S. The number of nitrogens with zero attached hydrogens (tertiary/aromatic N) is 2. The van der Waals surface area contributed by atoms with Crippen LogP contribution in [-0.2, 0) is 4.79 Å². The van der Waals surface area contributed by atoms with Gasteiger partial charge in [-0.2, -0.15) is 0 Å². The lowest BCUT2D eigenvalue weighted by atomic mass is 9.97. The Bertz CT molecular complexity index is 527. The molecular weight excluding hydrogens is 248 g/mol. The van der Waals surface area contributed by atoms with Crippen LogP contribution in [0.2, 0.25) is 0 Å². The van der Waals surface area contributed by atoms with Gasteiger partial charge in [0.1, 0.15) is 11.4 Å². The first-order valence-electron chi connectivity index (χ1n) is 5.56. The lowest BCUT2D eigenvalue weighted by molar-refractivity contribution is -0.142. The van der Waals surface area contributed by atoms with Crippen molar-refractivity contribution in [2.24, 2.45) is 5.41 Å². The van der Waals surface area contributed by atoms with E-state index in [0.29, 0.717) is 5.75 Å². The molecule has 0 unspecified atom stereocenters. The third kappa shape index (κ3) is 2.92. The van der Waals surface area contributed by atoms with Crippen molar-refractivity contribution >= 4 is 17.5 Å². The SMILES string of the molecule is CC(C)(C)C(=O)Oc1ccc(-c2csnn2)cc1. The standard InChI is InChI=1S/C13H14N2O2S/c1-13(2,3)12(16)17-10-6-4-9(5-7-10)11-8-18-15-14-11/h4-8H,1-3H3. The highest BCUT2D eigenvalue weighted by Gasteiger charge is 2.23. The molecule has 94 valence electrons. The van der Waals surface area contributed by atoms with E-state index in [1.54, 1.807) is 12.1 Å². The van der Waals surface area contributed by atoms with E-state index in [1.807, 2.05) is 38.3 Å². The fourth-order valence-electron chi connectivity index (χ4n) is 1.24. The molecule has 2 rings (SSSR count). The molecule has 2 aromatic rings. The van der Waals surface area contributed by atoms with Crippen LogP contribution in [0.1, 0.15) is 20.8 Å². The maximum absolute atomic E-state index is 11.7. The lowest BCUT2D eigenvalue weighted by Crippen LogP contribution is -2.25. The number of carbonyl (C=O) groups excluding carboxylic acids is 1. The first kappa shape index (κ1) is 12.7. The van der Waals surface area contributed by atoms with Crippen LogP contribution in [-0.4, -0.2) is 15.6 Å². The van der Waals surface area contributed by atoms with Crippen molar-refractivity contribution < 1.29 is 9.53 Å². The molecule has 4 nitrogen and oxygen atoms in total. The average molecular weight is 262 g/mol. The van der Waals surface area contributed by atoms with Crippen LogP contribution in [0.4, 0.5) is 0 Å². The monoisotopic (exact) mass is 262 g/mol. The predicted octanol–water partition coefficient (Wildman–Crippen LogP) is 3.16. The van der Waals surface area contributed by atoms with E-state index in [0.717, 1.165) is 11.3 Å². The molecule has 0 aliphatic carbocycles. The summed E-state index contributed by atoms with van der Waals surface area (Å²) in [6.07, 6.45) is 0. The van der Waals surface area contributed by atoms with Gasteiger partial charge in [-0.15, -0.1) is 5.10 Å². The van der Waals surface area contributed by atoms with Gasteiger partial charge in [0.05, 0.1) is 5.41 Å². The largest absolute Gasteiger partial charge is 0.426 e. The third-order valence-corrected chi connectivity index (χ3v) is 2.84. The summed E-state index contributed by atoms with van der Waals surface area (Å²) in [5.74, 6) is 0.299. The lowest BCUT2D eigenvalue weighted by Gasteiger charge is -2.16. The van der Waals surface area contributed by atoms with Gasteiger partial charge in [-0.1, -0.05) is 4.49 Å². The minimum absolute atomic E-state index is 0.245. The van der Waals surface area contributed by atoms with Gasteiger partial charge < -0.3 is 4.74 Å². The van der Waals surface area contributed by atoms with Crippen molar-refractivity contribution in [1.29, 1.82) is 0 Å². The molecule has 0 amide bonds. The van der Waals surface area contributed by atoms with Crippen LogP contribution in [0.25, 0.3) is 11.3 Å². The smallest absolute Gasteiger partial charge is 0.316 e. The second-order valence-corrected chi connectivity index (χ2v) is 5.56. The van der Waals surface area contributed by atoms with E-state index in [4.69, 9.17) is 4.74 Å². The summed E-state index contributed by atoms with van der Waals surface area (Å²) >= 11 is 1.31. The molecule has 1 aromatic heterocycles. The molecule has 0 N–H and O–H groups in total. The second kappa shape index (κ2) is 4.86. The van der Waals surface area contributed by atoms with E-state index in [9.17, 15) is 4.79 Å². The van der Waals surface area contributed by atoms with Gasteiger partial charge in [0.2, 0.25) is 0 Å². The molecule has 0 fully saturated rings. The Morgan fingerprint density at radius 3 is 2.39 bits per heavy atom. The number of carbonyl (C=O) groups is 1. The fourth-order valence-corrected chi connectivity index (χ4v) is 1.71. The molecule has 0 saturated heterocycles. The maximum atomic E-state index is 11.7. The van der Waals surface area contributed by atoms with Crippen LogP contribution < -0.4 is 4.74 Å². The Hall–Kier alpha value is -1.75. The molecule has 0 atom stereocenters. The summed E-state index contributed by atoms with van der Waals surface area (Å²) < 4.78 is 9.09. The minimum Gasteiger partial charge on any atom is -0.426 e. The summed E-state index contributed by atoms with van der Waals surface area (Å²) in [6, 6.07) is 7.25. The zero-order valence-corrected chi connectivity index (χ0v) is 11.3. The molecule has 0 bridgehead atoms. The van der Waals surface area contributed by atoms with Crippen molar-refractivity contribution in [3.8, 4) is 17.0 Å². The van der Waals surface area contributed by atoms with Gasteiger partial charge in [-0.3, -0.25) is 4.79 Å². The molecule has 0 saturated carbocycles. The van der Waals surface area contributed by atoms with Gasteiger partial charge in [0, 0.05) is 10.9 Å². The highest BCUT2D eigenvalue weighted by atomic mass is 32.1. The second-order valence-electron chi connectivity index (χ2n) is 4.95. The number of benzene rings is 1. The number of hydrogen-bond acceptors (Lipinski definition) is 5. The molecule has 18 heavy (non-hydrogen) atoms. The summed E-state index contributed by atoms with van der Waals surface area (Å²) in [4.78, 5) is 11.7. The van der Waals surface area contributed by atoms with Gasteiger partial charge in [0.25, 0.3) is 0 Å². The summed E-state index contributed by atoms with van der Waals surface area (Å²) in [7, 11) is 0. The first-order valence-corrected chi connectivity index (χ1v) is 6.40. The normalized spacial score (nSPS) is 11.3. The molecule has 1 aromatic carbocycles. The molecule has 0 spiro atoms. The van der Waals surface area contributed by atoms with E-state index in [1.165, 1.54) is 11.5 Å². The van der Waals surface area contributed by atoms with Crippen LogP contribution >= 0.6 is 11.5 Å². The van der Waals surface area contributed by atoms with Gasteiger partial charge in [-0.25, -0.2) is 0 Å². The number of esters is 1. The number of rotatable bonds is 2. The van der Waals surface area contributed by atoms with E-state index in [-0.39, 0.29) is 5.97 Å². The Balaban J connectivity index is 2.12. The van der Waals surface area contributed by atoms with Crippen molar-refractivity contribution in [2.75, 3.05) is 0 Å². The fraction of sp³-hybridized carbons (Fsp3) is 0.308. The molecule has 1 heterocycles. The maximum Gasteiger partial charge on any atom is 0.316 e. The molecule has 0 aliphatic rings. The number of aromatic nitrogens is 2. The van der Waals surface area contributed by atoms with Crippen molar-refractivity contribution in [3.63, 3.8) is 0 Å². The highest BCUT2D eigenvalue weighted by molar-refractivity contribution is 7.03. The molecule has 5 heteroatoms. The highest BCUT2D eigenvalue weighted by Crippen LogP contribution is 2.23. The molecule has 0 aliphatic heterocycles. The zero-order chi connectivity index (χ0) is 13.2. The Labute approximate surface area is 110 Å². The van der Waals surface area contributed by atoms with Gasteiger partial charge in [-0.05, 0) is 56.6 Å². The first-order chi connectivity index (χ1) is 8.47. The summed E-state index contributed by atoms with van der Waals surface area (Å²) in [5, 5.41) is 5.85. The van der Waals surface area contributed by atoms with Gasteiger partial charge in [0.15, 0.2) is 0 Å². The van der Waals surface area contributed by atoms with Crippen molar-refractivity contribution in [1.82, 2.24) is 9.59 Å². The summed E-state index contributed by atoms with van der Waals surface area (Å²) in [5.41, 5.74) is 1.28. The number of hydrogen-bond donors (Lipinski definition) is 0. The van der Waals surface area contributed by atoms with E-state index >= 15 is 0 Å². The Morgan fingerprint density at radius 2 is 1.89 bits per heavy atom. The quantitative estimate of drug-likeness (QED) is 0.616. The third-order valence-electron chi connectivity index (χ3n) is 2.33. The Morgan fingerprint density at radius 1 is 1.22 bits per heavy atom. The van der Waals surface area contributed by atoms with E-state index in [2.05, 4.69) is 9.59 Å². The average Bonchev–Trinajstić information content (AvgIpc) is 2.82.